The number of nitrogens with zero attached hydrogens (tertiary/aromatic N) is 1. The molecule has 0 N–H and O–H groups in total. The van der Waals surface area contributed by atoms with E-state index in [0.717, 1.165) is 23.3 Å². The second-order valence-electron chi connectivity index (χ2n) is 7.34. The van der Waals surface area contributed by atoms with Gasteiger partial charge in [-0.25, -0.2) is 0 Å². The van der Waals surface area contributed by atoms with Crippen LogP contribution in [0.25, 0.3) is 12.2 Å². The minimum absolute atomic E-state index is 0.277. The zero-order valence-electron chi connectivity index (χ0n) is 18.5. The highest BCUT2D eigenvalue weighted by Gasteiger charge is 2.43. The third-order valence-electron chi connectivity index (χ3n) is 5.22. The molecule has 0 unspecified atom stereocenters. The zero-order chi connectivity index (χ0) is 23.8. The molecule has 0 aliphatic carbocycles. The van der Waals surface area contributed by atoms with Crippen molar-refractivity contribution in [3.05, 3.63) is 70.8 Å². The maximum atomic E-state index is 12.8. The number of methoxy groups -OCH3 is 3. The van der Waals surface area contributed by atoms with E-state index < -0.39 is 24.1 Å². The van der Waals surface area contributed by atoms with E-state index in [-0.39, 0.29) is 18.8 Å². The summed E-state index contributed by atoms with van der Waals surface area (Å²) in [5.41, 5.74) is 1.39. The molecule has 1 fully saturated rings. The fourth-order valence-electron chi connectivity index (χ4n) is 3.43. The predicted octanol–water partition coefficient (Wildman–Crippen LogP) is 4.63. The van der Waals surface area contributed by atoms with Gasteiger partial charge in [0, 0.05) is 21.3 Å². The van der Waals surface area contributed by atoms with Crippen LogP contribution in [0.2, 0.25) is 0 Å². The van der Waals surface area contributed by atoms with Gasteiger partial charge in [0.05, 0.1) is 18.4 Å². The van der Waals surface area contributed by atoms with Crippen LogP contribution in [0.15, 0.2) is 53.7 Å². The van der Waals surface area contributed by atoms with Crippen molar-refractivity contribution in [2.45, 2.75) is 30.8 Å². The van der Waals surface area contributed by atoms with Crippen LogP contribution in [0.1, 0.15) is 22.3 Å². The molecule has 0 bridgehead atoms. The highest BCUT2D eigenvalue weighted by molar-refractivity contribution is 5.80. The molecule has 0 aromatic heterocycles. The average molecular weight is 465 g/mol. The smallest absolute Gasteiger partial charge is 0.376 e. The highest BCUT2D eigenvalue weighted by Crippen LogP contribution is 2.30. The number of rotatable bonds is 8. The summed E-state index contributed by atoms with van der Waals surface area (Å²) < 4.78 is 60.4. The first-order valence-electron chi connectivity index (χ1n) is 10.2. The lowest BCUT2D eigenvalue weighted by Crippen LogP contribution is -2.55. The summed E-state index contributed by atoms with van der Waals surface area (Å²) >= 11 is 0. The van der Waals surface area contributed by atoms with Crippen molar-refractivity contribution in [3.8, 4) is 0 Å². The summed E-state index contributed by atoms with van der Waals surface area (Å²) in [4.78, 5) is 5.47. The van der Waals surface area contributed by atoms with Gasteiger partial charge < -0.3 is 23.8 Å². The molecule has 33 heavy (non-hydrogen) atoms. The third-order valence-corrected chi connectivity index (χ3v) is 5.22. The normalized spacial score (nSPS) is 23.9. The van der Waals surface area contributed by atoms with Gasteiger partial charge in [-0.1, -0.05) is 53.7 Å². The van der Waals surface area contributed by atoms with Crippen molar-refractivity contribution in [2.75, 3.05) is 27.9 Å². The lowest BCUT2D eigenvalue weighted by Gasteiger charge is -2.38. The van der Waals surface area contributed by atoms with E-state index in [9.17, 15) is 13.2 Å². The Bertz CT molecular complexity index is 946. The van der Waals surface area contributed by atoms with Crippen LogP contribution >= 0.6 is 0 Å². The van der Waals surface area contributed by atoms with Crippen LogP contribution in [-0.2, 0) is 30.0 Å². The van der Waals surface area contributed by atoms with E-state index in [1.54, 1.807) is 32.4 Å². The number of benzene rings is 2. The first-order chi connectivity index (χ1) is 15.9. The van der Waals surface area contributed by atoms with Gasteiger partial charge in [0.25, 0.3) is 6.29 Å². The van der Waals surface area contributed by atoms with E-state index in [1.807, 2.05) is 24.3 Å². The van der Waals surface area contributed by atoms with Gasteiger partial charge in [0.15, 0.2) is 6.10 Å². The summed E-state index contributed by atoms with van der Waals surface area (Å²) in [6.07, 6.45) is -1.38. The molecule has 3 rings (SSSR count). The van der Waals surface area contributed by atoms with Gasteiger partial charge in [-0.05, 0) is 28.8 Å². The molecule has 0 radical (unpaired) electrons. The molecule has 0 amide bonds. The number of hydrogen-bond acceptors (Lipinski definition) is 6. The largest absolute Gasteiger partial charge is 0.416 e. The van der Waals surface area contributed by atoms with Gasteiger partial charge in [-0.15, -0.1) is 0 Å². The first kappa shape index (κ1) is 24.9. The molecule has 178 valence electrons. The van der Waals surface area contributed by atoms with Crippen molar-refractivity contribution < 1.29 is 37.0 Å². The number of alkyl halides is 3. The van der Waals surface area contributed by atoms with E-state index >= 15 is 0 Å². The number of ether oxygens (including phenoxy) is 4. The fraction of sp³-hybridized carbons (Fsp3) is 0.375. The Morgan fingerprint density at radius 3 is 2.18 bits per heavy atom. The van der Waals surface area contributed by atoms with Crippen LogP contribution in [0.3, 0.4) is 0 Å². The van der Waals surface area contributed by atoms with Crippen LogP contribution < -0.4 is 0 Å². The molecule has 0 spiro atoms. The van der Waals surface area contributed by atoms with E-state index in [2.05, 4.69) is 5.16 Å². The second-order valence-corrected chi connectivity index (χ2v) is 7.34. The molecule has 9 heteroatoms. The standard InChI is InChI=1S/C24H26F3NO5/c1-29-20-15-32-23(22(31-3)21(20)30-2)33-28-14-18-11-8-16(9-12-18)7-10-17-5-4-6-19(13-17)24(25,26)27/h4-14,20-23H,15H2,1-3H3/b10-7+,28-14+/t20-,21+,22+,23-/m0/s1. The molecule has 1 aliphatic rings. The Kier molecular flexibility index (Phi) is 8.62. The molecule has 1 aliphatic heterocycles. The molecule has 0 saturated carbocycles. The maximum absolute atomic E-state index is 12.8. The second kappa shape index (κ2) is 11.4. The van der Waals surface area contributed by atoms with Crippen molar-refractivity contribution in [1.82, 2.24) is 0 Å². The molecule has 2 aromatic rings. The fourth-order valence-corrected chi connectivity index (χ4v) is 3.43. The van der Waals surface area contributed by atoms with Gasteiger partial charge in [-0.3, -0.25) is 0 Å². The summed E-state index contributed by atoms with van der Waals surface area (Å²) in [5.74, 6) is 0. The van der Waals surface area contributed by atoms with Gasteiger partial charge in [0.2, 0.25) is 0 Å². The van der Waals surface area contributed by atoms with Crippen molar-refractivity contribution in [1.29, 1.82) is 0 Å². The number of hydrogen-bond donors (Lipinski definition) is 0. The Morgan fingerprint density at radius 2 is 1.55 bits per heavy atom. The lowest BCUT2D eigenvalue weighted by atomic mass is 10.1. The highest BCUT2D eigenvalue weighted by atomic mass is 19.4. The minimum Gasteiger partial charge on any atom is -0.376 e. The average Bonchev–Trinajstić information content (AvgIpc) is 2.82. The van der Waals surface area contributed by atoms with E-state index in [1.165, 1.54) is 19.4 Å². The molecule has 1 heterocycles. The number of oxime groups is 1. The summed E-state index contributed by atoms with van der Waals surface area (Å²) in [6, 6.07) is 12.4. The number of halogens is 3. The van der Waals surface area contributed by atoms with Crippen LogP contribution in [0.4, 0.5) is 13.2 Å². The maximum Gasteiger partial charge on any atom is 0.416 e. The van der Waals surface area contributed by atoms with Gasteiger partial charge in [0.1, 0.15) is 12.2 Å². The summed E-state index contributed by atoms with van der Waals surface area (Å²) in [5, 5.41) is 3.99. The lowest BCUT2D eigenvalue weighted by molar-refractivity contribution is -0.283. The summed E-state index contributed by atoms with van der Waals surface area (Å²) in [6.45, 7) is 0.280. The monoisotopic (exact) mass is 465 g/mol. The predicted molar refractivity (Wildman–Crippen MR) is 118 cm³/mol. The van der Waals surface area contributed by atoms with Crippen molar-refractivity contribution in [3.63, 3.8) is 0 Å². The Labute approximate surface area is 190 Å². The molecular formula is C24H26F3NO5. The first-order valence-corrected chi connectivity index (χ1v) is 10.2. The molecular weight excluding hydrogens is 439 g/mol. The van der Waals surface area contributed by atoms with E-state index in [4.69, 9.17) is 23.8 Å². The topological polar surface area (TPSA) is 58.5 Å². The molecule has 4 atom stereocenters. The minimum atomic E-state index is -4.37. The van der Waals surface area contributed by atoms with Crippen LogP contribution in [0, 0.1) is 0 Å². The van der Waals surface area contributed by atoms with Crippen LogP contribution in [-0.4, -0.2) is 58.8 Å². The molecule has 2 aromatic carbocycles. The quantitative estimate of drug-likeness (QED) is 0.323. The summed E-state index contributed by atoms with van der Waals surface area (Å²) in [7, 11) is 4.67. The van der Waals surface area contributed by atoms with E-state index in [0.29, 0.717) is 5.56 Å². The Balaban J connectivity index is 1.59. The Hall–Kier alpha value is -2.72. The third kappa shape index (κ3) is 6.64. The zero-order valence-corrected chi connectivity index (χ0v) is 18.5. The molecule has 1 saturated heterocycles. The van der Waals surface area contributed by atoms with Gasteiger partial charge >= 0.3 is 6.18 Å². The Morgan fingerprint density at radius 1 is 0.879 bits per heavy atom. The van der Waals surface area contributed by atoms with Crippen molar-refractivity contribution in [2.24, 2.45) is 5.16 Å². The SMILES string of the molecule is CO[C@H]1[C@H](O/N=C/c2ccc(/C=C/c3cccc(C(F)(F)F)c3)cc2)OC[C@H](OC)[C@H]1OC. The molecule has 6 nitrogen and oxygen atoms in total. The van der Waals surface area contributed by atoms with Crippen molar-refractivity contribution >= 4 is 18.4 Å². The van der Waals surface area contributed by atoms with Gasteiger partial charge in [-0.2, -0.15) is 13.2 Å². The van der Waals surface area contributed by atoms with Crippen LogP contribution in [0.5, 0.6) is 0 Å².